The molecule has 0 bridgehead atoms. The van der Waals surface area contributed by atoms with E-state index in [1.54, 1.807) is 0 Å². The Hall–Kier alpha value is -1.26. The summed E-state index contributed by atoms with van der Waals surface area (Å²) in [5.41, 5.74) is 8.43. The van der Waals surface area contributed by atoms with Crippen LogP contribution < -0.4 is 5.73 Å². The molecule has 18 heavy (non-hydrogen) atoms. The molecule has 4 heteroatoms. The fourth-order valence-corrected chi connectivity index (χ4v) is 1.89. The summed E-state index contributed by atoms with van der Waals surface area (Å²) in [5.74, 6) is 0.667. The molecule has 1 aromatic heterocycles. The van der Waals surface area contributed by atoms with Gasteiger partial charge < -0.3 is 5.73 Å². The van der Waals surface area contributed by atoms with E-state index in [2.05, 4.69) is 25.9 Å². The molecule has 1 heterocycles. The molecule has 2 aromatic rings. The second kappa shape index (κ2) is 4.78. The highest BCUT2D eigenvalue weighted by molar-refractivity contribution is 9.10. The van der Waals surface area contributed by atoms with Gasteiger partial charge in [0.1, 0.15) is 5.82 Å². The molecule has 0 aliphatic carbocycles. The van der Waals surface area contributed by atoms with Crippen LogP contribution in [0.25, 0.3) is 11.3 Å². The van der Waals surface area contributed by atoms with Gasteiger partial charge in [-0.05, 0) is 39.0 Å². The van der Waals surface area contributed by atoms with Crippen molar-refractivity contribution in [3.8, 4) is 11.3 Å². The summed E-state index contributed by atoms with van der Waals surface area (Å²) in [4.78, 5) is 8.96. The van der Waals surface area contributed by atoms with Crippen LogP contribution in [0, 0.1) is 6.92 Å². The first kappa shape index (κ1) is 13.2. The molecular weight excluding hydrogens is 290 g/mol. The molecule has 0 aliphatic heterocycles. The lowest BCUT2D eigenvalue weighted by atomic mass is 10.1. The highest BCUT2D eigenvalue weighted by atomic mass is 79.9. The van der Waals surface area contributed by atoms with Crippen molar-refractivity contribution < 1.29 is 0 Å². The number of aryl methyl sites for hydroxylation is 1. The first-order valence-electron chi connectivity index (χ1n) is 5.77. The number of halogens is 1. The van der Waals surface area contributed by atoms with Gasteiger partial charge in [-0.1, -0.05) is 28.1 Å². The van der Waals surface area contributed by atoms with Gasteiger partial charge in [0.25, 0.3) is 0 Å². The summed E-state index contributed by atoms with van der Waals surface area (Å²) >= 11 is 3.43. The topological polar surface area (TPSA) is 51.8 Å². The number of nitrogens with zero attached hydrogens (tertiary/aromatic N) is 2. The standard InChI is InChI=1S/C14H16BrN3/c1-9-8-12(10-4-6-11(15)7-5-10)18-13(17-9)14(2,3)16/h4-8H,16H2,1-3H3. The highest BCUT2D eigenvalue weighted by Crippen LogP contribution is 2.22. The third kappa shape index (κ3) is 2.94. The minimum atomic E-state index is -0.532. The molecule has 0 unspecified atom stereocenters. The van der Waals surface area contributed by atoms with Crippen LogP contribution in [0.4, 0.5) is 0 Å². The van der Waals surface area contributed by atoms with E-state index >= 15 is 0 Å². The first-order valence-corrected chi connectivity index (χ1v) is 6.56. The van der Waals surface area contributed by atoms with E-state index < -0.39 is 5.54 Å². The Bertz CT molecular complexity index is 556. The third-order valence-electron chi connectivity index (χ3n) is 2.57. The second-order valence-corrected chi connectivity index (χ2v) is 5.86. The largest absolute Gasteiger partial charge is 0.319 e. The molecule has 0 amide bonds. The van der Waals surface area contributed by atoms with Crippen molar-refractivity contribution in [1.29, 1.82) is 0 Å². The SMILES string of the molecule is Cc1cc(-c2ccc(Br)cc2)nc(C(C)(C)N)n1. The van der Waals surface area contributed by atoms with E-state index in [-0.39, 0.29) is 0 Å². The maximum atomic E-state index is 6.06. The van der Waals surface area contributed by atoms with Crippen LogP contribution in [-0.4, -0.2) is 9.97 Å². The lowest BCUT2D eigenvalue weighted by molar-refractivity contribution is 0.512. The van der Waals surface area contributed by atoms with Crippen LogP contribution in [-0.2, 0) is 5.54 Å². The van der Waals surface area contributed by atoms with Gasteiger partial charge in [-0.3, -0.25) is 0 Å². The lowest BCUT2D eigenvalue weighted by Gasteiger charge is -2.18. The van der Waals surface area contributed by atoms with Crippen LogP contribution in [0.1, 0.15) is 25.4 Å². The minimum absolute atomic E-state index is 0.532. The van der Waals surface area contributed by atoms with Gasteiger partial charge in [-0.2, -0.15) is 0 Å². The van der Waals surface area contributed by atoms with Crippen molar-refractivity contribution in [3.63, 3.8) is 0 Å². The number of benzene rings is 1. The molecule has 1 aromatic carbocycles. The van der Waals surface area contributed by atoms with Crippen molar-refractivity contribution in [2.24, 2.45) is 5.73 Å². The number of hydrogen-bond acceptors (Lipinski definition) is 3. The van der Waals surface area contributed by atoms with E-state index in [0.29, 0.717) is 5.82 Å². The molecule has 0 saturated carbocycles. The molecule has 0 fully saturated rings. The summed E-state index contributed by atoms with van der Waals surface area (Å²) in [7, 11) is 0. The van der Waals surface area contributed by atoms with Crippen molar-refractivity contribution in [2.45, 2.75) is 26.3 Å². The van der Waals surface area contributed by atoms with Crippen LogP contribution >= 0.6 is 15.9 Å². The monoisotopic (exact) mass is 305 g/mol. The van der Waals surface area contributed by atoms with Gasteiger partial charge in [-0.25, -0.2) is 9.97 Å². The fourth-order valence-electron chi connectivity index (χ4n) is 1.63. The van der Waals surface area contributed by atoms with Crippen molar-refractivity contribution >= 4 is 15.9 Å². The molecule has 0 spiro atoms. The van der Waals surface area contributed by atoms with Gasteiger partial charge in [0.2, 0.25) is 0 Å². The zero-order chi connectivity index (χ0) is 13.3. The summed E-state index contributed by atoms with van der Waals surface area (Å²) in [6.45, 7) is 5.78. The number of rotatable bonds is 2. The van der Waals surface area contributed by atoms with E-state index in [9.17, 15) is 0 Å². The molecule has 94 valence electrons. The maximum Gasteiger partial charge on any atom is 0.148 e. The predicted molar refractivity (Wildman–Crippen MR) is 77.1 cm³/mol. The quantitative estimate of drug-likeness (QED) is 0.925. The zero-order valence-electron chi connectivity index (χ0n) is 10.7. The van der Waals surface area contributed by atoms with E-state index in [1.807, 2.05) is 51.1 Å². The molecule has 0 saturated heterocycles. The van der Waals surface area contributed by atoms with Crippen molar-refractivity contribution in [3.05, 3.63) is 46.3 Å². The van der Waals surface area contributed by atoms with Crippen molar-refractivity contribution in [1.82, 2.24) is 9.97 Å². The molecule has 0 radical (unpaired) electrons. The Kier molecular flexibility index (Phi) is 3.50. The summed E-state index contributed by atoms with van der Waals surface area (Å²) in [6.07, 6.45) is 0. The van der Waals surface area contributed by atoms with Crippen molar-refractivity contribution in [2.75, 3.05) is 0 Å². The van der Waals surface area contributed by atoms with Gasteiger partial charge in [0.05, 0.1) is 11.2 Å². The molecule has 2 rings (SSSR count). The third-order valence-corrected chi connectivity index (χ3v) is 3.10. The van der Waals surface area contributed by atoms with Crippen LogP contribution in [0.2, 0.25) is 0 Å². The Balaban J connectivity index is 2.52. The van der Waals surface area contributed by atoms with Gasteiger partial charge >= 0.3 is 0 Å². The van der Waals surface area contributed by atoms with Crippen LogP contribution in [0.15, 0.2) is 34.8 Å². The zero-order valence-corrected chi connectivity index (χ0v) is 12.3. The summed E-state index contributed by atoms with van der Waals surface area (Å²) in [5, 5.41) is 0. The van der Waals surface area contributed by atoms with Crippen LogP contribution in [0.5, 0.6) is 0 Å². The highest BCUT2D eigenvalue weighted by Gasteiger charge is 2.19. The van der Waals surface area contributed by atoms with Gasteiger partial charge in [-0.15, -0.1) is 0 Å². The Morgan fingerprint density at radius 3 is 2.28 bits per heavy atom. The first-order chi connectivity index (χ1) is 8.36. The van der Waals surface area contributed by atoms with E-state index in [0.717, 1.165) is 21.4 Å². The molecular formula is C14H16BrN3. The van der Waals surface area contributed by atoms with Crippen LogP contribution in [0.3, 0.4) is 0 Å². The normalized spacial score (nSPS) is 11.6. The number of aromatic nitrogens is 2. The maximum absolute atomic E-state index is 6.06. The Labute approximate surface area is 116 Å². The predicted octanol–water partition coefficient (Wildman–Crippen LogP) is 3.41. The number of hydrogen-bond donors (Lipinski definition) is 1. The summed E-state index contributed by atoms with van der Waals surface area (Å²) < 4.78 is 1.05. The smallest absolute Gasteiger partial charge is 0.148 e. The average Bonchev–Trinajstić information content (AvgIpc) is 2.28. The molecule has 3 nitrogen and oxygen atoms in total. The summed E-state index contributed by atoms with van der Waals surface area (Å²) in [6, 6.07) is 10.0. The van der Waals surface area contributed by atoms with E-state index in [4.69, 9.17) is 5.73 Å². The minimum Gasteiger partial charge on any atom is -0.319 e. The second-order valence-electron chi connectivity index (χ2n) is 4.95. The number of nitrogens with two attached hydrogens (primary N) is 1. The Morgan fingerprint density at radius 1 is 1.11 bits per heavy atom. The fraction of sp³-hybridized carbons (Fsp3) is 0.286. The molecule has 0 atom stereocenters. The lowest BCUT2D eigenvalue weighted by Crippen LogP contribution is -2.31. The van der Waals surface area contributed by atoms with Gasteiger partial charge in [0.15, 0.2) is 0 Å². The van der Waals surface area contributed by atoms with Gasteiger partial charge in [0, 0.05) is 15.7 Å². The molecule has 0 aliphatic rings. The Morgan fingerprint density at radius 2 is 1.72 bits per heavy atom. The molecule has 2 N–H and O–H groups in total. The average molecular weight is 306 g/mol. The van der Waals surface area contributed by atoms with E-state index in [1.165, 1.54) is 0 Å².